The number of aromatic amines is 1. The Morgan fingerprint density at radius 3 is 2.36 bits per heavy atom. The number of para-hydroxylation sites is 1. The first kappa shape index (κ1) is 27.5. The molecule has 4 saturated carbocycles. The van der Waals surface area contributed by atoms with Crippen molar-refractivity contribution in [1.29, 1.82) is 0 Å². The molecule has 2 atom stereocenters. The molecule has 4 aliphatic carbocycles. The van der Waals surface area contributed by atoms with Gasteiger partial charge in [-0.3, -0.25) is 4.79 Å². The van der Waals surface area contributed by atoms with Gasteiger partial charge < -0.3 is 25.5 Å². The Balaban J connectivity index is 1.35. The molecule has 4 fully saturated rings. The number of benzene rings is 1. The Labute approximate surface area is 228 Å². The molecule has 2 unspecified atom stereocenters. The first-order valence-corrected chi connectivity index (χ1v) is 15.7. The number of aliphatic carboxylic acids is 1. The first-order chi connectivity index (χ1) is 18.4. The third-order valence-corrected chi connectivity index (χ3v) is 9.84. The van der Waals surface area contributed by atoms with Gasteiger partial charge in [-0.2, -0.15) is 0 Å². The molecule has 2 aromatic rings. The van der Waals surface area contributed by atoms with Gasteiger partial charge in [0, 0.05) is 29.8 Å². The molecule has 2 amide bonds. The average Bonchev–Trinajstić information content (AvgIpc) is 3.25. The molecule has 39 heavy (non-hydrogen) atoms. The summed E-state index contributed by atoms with van der Waals surface area (Å²) in [6.07, 6.45) is 7.22. The molecule has 10 nitrogen and oxygen atoms in total. The second kappa shape index (κ2) is 10.5. The Morgan fingerprint density at radius 2 is 1.74 bits per heavy atom. The molecule has 1 aromatic heterocycles. The maximum absolute atomic E-state index is 13.6. The maximum atomic E-state index is 13.6. The molecule has 0 radical (unpaired) electrons. The van der Waals surface area contributed by atoms with Crippen molar-refractivity contribution in [2.45, 2.75) is 69.6 Å². The molecular formula is C28H37N3O7S. The molecule has 0 aliphatic heterocycles. The zero-order valence-corrected chi connectivity index (χ0v) is 23.1. The number of hydrogen-bond donors (Lipinski definition) is 4. The van der Waals surface area contributed by atoms with Gasteiger partial charge >= 0.3 is 12.1 Å². The Hall–Kier alpha value is -3.08. The number of nitrogens with one attached hydrogen (secondary N) is 3. The van der Waals surface area contributed by atoms with Gasteiger partial charge in [0.25, 0.3) is 0 Å². The van der Waals surface area contributed by atoms with Crippen LogP contribution in [0.2, 0.25) is 0 Å². The van der Waals surface area contributed by atoms with Crippen molar-refractivity contribution in [3.05, 3.63) is 36.0 Å². The number of ether oxygens (including phenoxy) is 1. The van der Waals surface area contributed by atoms with Crippen LogP contribution in [0.5, 0.6) is 0 Å². The van der Waals surface area contributed by atoms with Crippen LogP contribution in [0.25, 0.3) is 10.9 Å². The molecular weight excluding hydrogens is 522 g/mol. The summed E-state index contributed by atoms with van der Waals surface area (Å²) in [5, 5.41) is 15.8. The SMILES string of the molecule is CC(Cc1c[nH]c2ccccc12)(NC(=O)OC1C2CC3CC(C2)CC1C3)C(=O)NC(CCS(C)(=O)=O)C(=O)O. The molecule has 4 aliphatic rings. The minimum atomic E-state index is -3.44. The molecule has 212 valence electrons. The van der Waals surface area contributed by atoms with Gasteiger partial charge in [0.15, 0.2) is 0 Å². The van der Waals surface area contributed by atoms with Crippen molar-refractivity contribution in [2.75, 3.05) is 12.0 Å². The molecule has 1 aromatic carbocycles. The molecule has 11 heteroatoms. The van der Waals surface area contributed by atoms with Crippen molar-refractivity contribution in [2.24, 2.45) is 23.7 Å². The Bertz CT molecular complexity index is 1340. The number of rotatable bonds is 10. The number of alkyl carbamates (subject to hydrolysis) is 1. The summed E-state index contributed by atoms with van der Waals surface area (Å²) in [5.41, 5.74) is 0.0661. The van der Waals surface area contributed by atoms with Crippen molar-refractivity contribution < 1.29 is 32.6 Å². The predicted octanol–water partition coefficient (Wildman–Crippen LogP) is 3.02. The number of carboxylic acid groups (broad SMARTS) is 1. The highest BCUT2D eigenvalue weighted by molar-refractivity contribution is 7.90. The van der Waals surface area contributed by atoms with Crippen LogP contribution >= 0.6 is 0 Å². The van der Waals surface area contributed by atoms with Crippen molar-refractivity contribution >= 4 is 38.7 Å². The fourth-order valence-electron chi connectivity index (χ4n) is 7.19. The van der Waals surface area contributed by atoms with Crippen LogP contribution in [-0.2, 0) is 30.6 Å². The topological polar surface area (TPSA) is 155 Å². The number of aromatic nitrogens is 1. The molecule has 4 bridgehead atoms. The quantitative estimate of drug-likeness (QED) is 0.349. The standard InChI is InChI=1S/C28H37N3O7S/c1-28(14-20-15-29-22-6-4-3-5-21(20)22,26(34)30-23(25(32)33)7-8-39(2,36)37)31-27(35)38-24-18-10-16-9-17(12-18)13-19(24)11-16/h3-6,15-19,23-24,29H,7-14H2,1-2H3,(H,30,34)(H,31,35)(H,32,33). The number of fused-ring (bicyclic) bond motifs is 1. The van der Waals surface area contributed by atoms with Gasteiger partial charge in [0.1, 0.15) is 27.5 Å². The third kappa shape index (κ3) is 6.08. The van der Waals surface area contributed by atoms with Crippen LogP contribution in [0.3, 0.4) is 0 Å². The smallest absolute Gasteiger partial charge is 0.408 e. The summed E-state index contributed by atoms with van der Waals surface area (Å²) in [5.74, 6) is -0.360. The first-order valence-electron chi connectivity index (χ1n) is 13.7. The van der Waals surface area contributed by atoms with Crippen LogP contribution in [-0.4, -0.2) is 66.2 Å². The van der Waals surface area contributed by atoms with Crippen molar-refractivity contribution in [3.63, 3.8) is 0 Å². The largest absolute Gasteiger partial charge is 0.480 e. The van der Waals surface area contributed by atoms with Gasteiger partial charge in [-0.15, -0.1) is 0 Å². The van der Waals surface area contributed by atoms with E-state index in [2.05, 4.69) is 15.6 Å². The zero-order chi connectivity index (χ0) is 27.9. The monoisotopic (exact) mass is 559 g/mol. The van der Waals surface area contributed by atoms with E-state index in [0.717, 1.165) is 48.4 Å². The number of carboxylic acids is 1. The lowest BCUT2D eigenvalue weighted by atomic mass is 9.55. The average molecular weight is 560 g/mol. The lowest BCUT2D eigenvalue weighted by Crippen LogP contribution is -2.61. The number of sulfone groups is 1. The van der Waals surface area contributed by atoms with E-state index in [1.54, 1.807) is 6.20 Å². The molecule has 0 saturated heterocycles. The fourth-order valence-corrected chi connectivity index (χ4v) is 7.86. The second-order valence-electron chi connectivity index (χ2n) is 12.1. The Kier molecular flexibility index (Phi) is 7.39. The van der Waals surface area contributed by atoms with E-state index in [1.165, 1.54) is 13.3 Å². The van der Waals surface area contributed by atoms with E-state index in [9.17, 15) is 27.9 Å². The number of hydrogen-bond acceptors (Lipinski definition) is 6. The summed E-state index contributed by atoms with van der Waals surface area (Å²) < 4.78 is 29.3. The van der Waals surface area contributed by atoms with E-state index in [1.807, 2.05) is 24.3 Å². The van der Waals surface area contributed by atoms with E-state index in [0.29, 0.717) is 23.7 Å². The molecule has 1 heterocycles. The van der Waals surface area contributed by atoms with Gasteiger partial charge in [-0.1, -0.05) is 18.2 Å². The fraction of sp³-hybridized carbons (Fsp3) is 0.607. The summed E-state index contributed by atoms with van der Waals surface area (Å²) in [7, 11) is -3.44. The van der Waals surface area contributed by atoms with Crippen molar-refractivity contribution in [1.82, 2.24) is 15.6 Å². The second-order valence-corrected chi connectivity index (χ2v) is 14.3. The molecule has 6 rings (SSSR count). The highest BCUT2D eigenvalue weighted by Crippen LogP contribution is 2.54. The minimum Gasteiger partial charge on any atom is -0.480 e. The highest BCUT2D eigenvalue weighted by atomic mass is 32.2. The summed E-state index contributed by atoms with van der Waals surface area (Å²) in [6.45, 7) is 1.54. The van der Waals surface area contributed by atoms with Crippen molar-refractivity contribution in [3.8, 4) is 0 Å². The van der Waals surface area contributed by atoms with Gasteiger partial charge in [-0.05, 0) is 80.8 Å². The van der Waals surface area contributed by atoms with Crippen LogP contribution < -0.4 is 10.6 Å². The molecule has 4 N–H and O–H groups in total. The normalized spacial score (nSPS) is 28.0. The summed E-state index contributed by atoms with van der Waals surface area (Å²) in [6, 6.07) is 6.12. The highest BCUT2D eigenvalue weighted by Gasteiger charge is 2.50. The number of amides is 2. The van der Waals surface area contributed by atoms with Crippen LogP contribution in [0.1, 0.15) is 51.0 Å². The zero-order valence-electron chi connectivity index (χ0n) is 22.3. The lowest BCUT2D eigenvalue weighted by molar-refractivity contribution is -0.143. The predicted molar refractivity (Wildman–Crippen MR) is 145 cm³/mol. The number of H-pyrrole nitrogens is 1. The molecule has 0 spiro atoms. The summed E-state index contributed by atoms with van der Waals surface area (Å²) >= 11 is 0. The van der Waals surface area contributed by atoms with E-state index < -0.39 is 45.1 Å². The van der Waals surface area contributed by atoms with E-state index in [-0.39, 0.29) is 18.9 Å². The van der Waals surface area contributed by atoms with Gasteiger partial charge in [0.2, 0.25) is 5.91 Å². The number of carbonyl (C=O) groups is 3. The lowest BCUT2D eigenvalue weighted by Gasteiger charge is -2.53. The van der Waals surface area contributed by atoms with Gasteiger partial charge in [-0.25, -0.2) is 18.0 Å². The van der Waals surface area contributed by atoms with Crippen LogP contribution in [0.15, 0.2) is 30.5 Å². The number of carbonyl (C=O) groups excluding carboxylic acids is 2. The minimum absolute atomic E-state index is 0.0675. The van der Waals surface area contributed by atoms with Crippen LogP contribution in [0.4, 0.5) is 4.79 Å². The van der Waals surface area contributed by atoms with Crippen LogP contribution in [0, 0.1) is 23.7 Å². The van der Waals surface area contributed by atoms with E-state index >= 15 is 0 Å². The van der Waals surface area contributed by atoms with E-state index in [4.69, 9.17) is 4.74 Å². The third-order valence-electron chi connectivity index (χ3n) is 8.86. The summed E-state index contributed by atoms with van der Waals surface area (Å²) in [4.78, 5) is 42.0. The maximum Gasteiger partial charge on any atom is 0.408 e. The van der Waals surface area contributed by atoms with Gasteiger partial charge in [0.05, 0.1) is 5.75 Å². The Morgan fingerprint density at radius 1 is 1.10 bits per heavy atom.